The van der Waals surface area contributed by atoms with Crippen molar-refractivity contribution in [3.8, 4) is 0 Å². The molecule has 1 aliphatic rings. The van der Waals surface area contributed by atoms with Gasteiger partial charge in [-0.1, -0.05) is 19.1 Å². The summed E-state index contributed by atoms with van der Waals surface area (Å²) in [6, 6.07) is 5.15. The molecule has 17 heavy (non-hydrogen) atoms. The Bertz CT molecular complexity index is 419. The van der Waals surface area contributed by atoms with E-state index in [2.05, 4.69) is 29.8 Å². The van der Waals surface area contributed by atoms with Crippen LogP contribution in [0, 0.1) is 0 Å². The zero-order valence-electron chi connectivity index (χ0n) is 10.4. The van der Waals surface area contributed by atoms with E-state index in [9.17, 15) is 0 Å². The number of hydrogen-bond donors (Lipinski definition) is 1. The first kappa shape index (κ1) is 12.3. The largest absolute Gasteiger partial charge is 0.388 e. The van der Waals surface area contributed by atoms with E-state index in [4.69, 9.17) is 18.0 Å². The van der Waals surface area contributed by atoms with Gasteiger partial charge in [0.1, 0.15) is 10.7 Å². The molecule has 2 unspecified atom stereocenters. The quantitative estimate of drug-likeness (QED) is 0.836. The van der Waals surface area contributed by atoms with Crippen molar-refractivity contribution in [3.05, 3.63) is 24.0 Å². The molecule has 4 heteroatoms. The van der Waals surface area contributed by atoms with Crippen molar-refractivity contribution in [1.82, 2.24) is 4.98 Å². The molecule has 0 bridgehead atoms. The summed E-state index contributed by atoms with van der Waals surface area (Å²) in [5.41, 5.74) is 7.61. The van der Waals surface area contributed by atoms with Gasteiger partial charge in [0.2, 0.25) is 0 Å². The summed E-state index contributed by atoms with van der Waals surface area (Å²) in [5.74, 6) is 0. The van der Waals surface area contributed by atoms with E-state index in [0.29, 0.717) is 17.1 Å². The SMILES string of the molecule is CCC1CCC(C)N1c1cccnc1C(N)=S. The van der Waals surface area contributed by atoms with Crippen molar-refractivity contribution < 1.29 is 0 Å². The van der Waals surface area contributed by atoms with Crippen molar-refractivity contribution in [2.75, 3.05) is 4.90 Å². The van der Waals surface area contributed by atoms with Crippen LogP contribution in [0.5, 0.6) is 0 Å². The molecule has 0 aromatic carbocycles. The normalized spacial score (nSPS) is 24.0. The Kier molecular flexibility index (Phi) is 3.62. The fourth-order valence-electron chi connectivity index (χ4n) is 2.70. The highest BCUT2D eigenvalue weighted by Gasteiger charge is 2.31. The van der Waals surface area contributed by atoms with Gasteiger partial charge in [-0.2, -0.15) is 0 Å². The molecule has 3 nitrogen and oxygen atoms in total. The van der Waals surface area contributed by atoms with Crippen LogP contribution in [-0.2, 0) is 0 Å². The number of rotatable bonds is 3. The average molecular weight is 249 g/mol. The van der Waals surface area contributed by atoms with Gasteiger partial charge in [0.05, 0.1) is 5.69 Å². The second-order valence-corrected chi connectivity index (χ2v) is 5.07. The van der Waals surface area contributed by atoms with E-state index in [-0.39, 0.29) is 0 Å². The Morgan fingerprint density at radius 3 is 3.00 bits per heavy atom. The van der Waals surface area contributed by atoms with E-state index in [1.165, 1.54) is 12.8 Å². The van der Waals surface area contributed by atoms with Crippen LogP contribution in [0.2, 0.25) is 0 Å². The lowest BCUT2D eigenvalue weighted by Crippen LogP contribution is -2.36. The fourth-order valence-corrected chi connectivity index (χ4v) is 2.86. The van der Waals surface area contributed by atoms with E-state index in [1.807, 2.05) is 6.07 Å². The molecule has 0 aliphatic carbocycles. The summed E-state index contributed by atoms with van der Waals surface area (Å²) >= 11 is 5.09. The number of aromatic nitrogens is 1. The van der Waals surface area contributed by atoms with Crippen LogP contribution in [0.3, 0.4) is 0 Å². The smallest absolute Gasteiger partial charge is 0.124 e. The first-order chi connectivity index (χ1) is 8.15. The fraction of sp³-hybridized carbons (Fsp3) is 0.538. The zero-order chi connectivity index (χ0) is 12.4. The summed E-state index contributed by atoms with van der Waals surface area (Å²) in [6.07, 6.45) is 5.36. The van der Waals surface area contributed by atoms with E-state index >= 15 is 0 Å². The van der Waals surface area contributed by atoms with Gasteiger partial charge in [0, 0.05) is 18.3 Å². The van der Waals surface area contributed by atoms with Gasteiger partial charge in [0.15, 0.2) is 0 Å². The molecule has 2 N–H and O–H groups in total. The number of nitrogens with two attached hydrogens (primary N) is 1. The van der Waals surface area contributed by atoms with Crippen LogP contribution in [0.25, 0.3) is 0 Å². The summed E-state index contributed by atoms with van der Waals surface area (Å²) in [7, 11) is 0. The van der Waals surface area contributed by atoms with Gasteiger partial charge in [-0.3, -0.25) is 4.98 Å². The number of pyridine rings is 1. The highest BCUT2D eigenvalue weighted by Crippen LogP contribution is 2.33. The van der Waals surface area contributed by atoms with E-state index in [1.54, 1.807) is 6.20 Å². The molecule has 2 atom stereocenters. The predicted octanol–water partition coefficient (Wildman–Crippen LogP) is 2.48. The molecule has 2 heterocycles. The Balaban J connectivity index is 2.41. The molecule has 0 radical (unpaired) electrons. The lowest BCUT2D eigenvalue weighted by molar-refractivity contribution is 0.627. The molecule has 1 aliphatic heterocycles. The zero-order valence-corrected chi connectivity index (χ0v) is 11.2. The lowest BCUT2D eigenvalue weighted by Gasteiger charge is -2.31. The number of nitrogens with zero attached hydrogens (tertiary/aromatic N) is 2. The number of thiocarbonyl (C=S) groups is 1. The Hall–Kier alpha value is -1.16. The first-order valence-corrected chi connectivity index (χ1v) is 6.59. The topological polar surface area (TPSA) is 42.2 Å². The number of hydrogen-bond acceptors (Lipinski definition) is 3. The molecule has 1 saturated heterocycles. The Morgan fingerprint density at radius 1 is 1.59 bits per heavy atom. The standard InChI is InChI=1S/C13H19N3S/c1-3-10-7-6-9(2)16(10)11-5-4-8-15-12(11)13(14)17/h4-5,8-10H,3,6-7H2,1-2H3,(H2,14,17). The molecule has 1 aromatic rings. The van der Waals surface area contributed by atoms with Crippen LogP contribution < -0.4 is 10.6 Å². The van der Waals surface area contributed by atoms with Crippen molar-refractivity contribution >= 4 is 22.9 Å². The molecule has 0 spiro atoms. The molecule has 0 saturated carbocycles. The third-order valence-corrected chi connectivity index (χ3v) is 3.75. The van der Waals surface area contributed by atoms with Crippen molar-refractivity contribution in [3.63, 3.8) is 0 Å². The van der Waals surface area contributed by atoms with Crippen molar-refractivity contribution in [2.24, 2.45) is 5.73 Å². The van der Waals surface area contributed by atoms with Crippen LogP contribution in [0.15, 0.2) is 18.3 Å². The van der Waals surface area contributed by atoms with Gasteiger partial charge in [-0.05, 0) is 38.3 Å². The summed E-state index contributed by atoms with van der Waals surface area (Å²) in [6.45, 7) is 4.48. The second kappa shape index (κ2) is 5.00. The summed E-state index contributed by atoms with van der Waals surface area (Å²) in [5, 5.41) is 0. The van der Waals surface area contributed by atoms with E-state index in [0.717, 1.165) is 17.8 Å². The minimum absolute atomic E-state index is 0.384. The van der Waals surface area contributed by atoms with Crippen LogP contribution in [0.4, 0.5) is 5.69 Å². The first-order valence-electron chi connectivity index (χ1n) is 6.18. The molecule has 0 amide bonds. The van der Waals surface area contributed by atoms with Gasteiger partial charge >= 0.3 is 0 Å². The highest BCUT2D eigenvalue weighted by atomic mass is 32.1. The molecule has 1 fully saturated rings. The van der Waals surface area contributed by atoms with Crippen molar-refractivity contribution in [2.45, 2.75) is 45.2 Å². The predicted molar refractivity (Wildman–Crippen MR) is 75.4 cm³/mol. The van der Waals surface area contributed by atoms with Gasteiger partial charge < -0.3 is 10.6 Å². The van der Waals surface area contributed by atoms with Crippen LogP contribution in [0.1, 0.15) is 38.8 Å². The monoisotopic (exact) mass is 249 g/mol. The minimum Gasteiger partial charge on any atom is -0.388 e. The van der Waals surface area contributed by atoms with Gasteiger partial charge in [-0.25, -0.2) is 0 Å². The summed E-state index contributed by atoms with van der Waals surface area (Å²) in [4.78, 5) is 7.13. The third kappa shape index (κ3) is 2.27. The van der Waals surface area contributed by atoms with Crippen molar-refractivity contribution in [1.29, 1.82) is 0 Å². The third-order valence-electron chi connectivity index (χ3n) is 3.56. The molecule has 2 rings (SSSR count). The van der Waals surface area contributed by atoms with Crippen LogP contribution in [-0.4, -0.2) is 22.1 Å². The average Bonchev–Trinajstić information content (AvgIpc) is 2.70. The second-order valence-electron chi connectivity index (χ2n) is 4.63. The minimum atomic E-state index is 0.384. The van der Waals surface area contributed by atoms with Crippen LogP contribution >= 0.6 is 12.2 Å². The highest BCUT2D eigenvalue weighted by molar-refractivity contribution is 7.80. The number of anilines is 1. The van der Waals surface area contributed by atoms with E-state index < -0.39 is 0 Å². The molecular weight excluding hydrogens is 230 g/mol. The Morgan fingerprint density at radius 2 is 2.35 bits per heavy atom. The maximum Gasteiger partial charge on any atom is 0.124 e. The molecular formula is C13H19N3S. The van der Waals surface area contributed by atoms with Gasteiger partial charge in [0.25, 0.3) is 0 Å². The molecule has 1 aromatic heterocycles. The molecule has 92 valence electrons. The lowest BCUT2D eigenvalue weighted by atomic mass is 10.1. The maximum atomic E-state index is 5.76. The van der Waals surface area contributed by atoms with Gasteiger partial charge in [-0.15, -0.1) is 0 Å². The summed E-state index contributed by atoms with van der Waals surface area (Å²) < 4.78 is 0. The maximum absolute atomic E-state index is 5.76. The Labute approximate surface area is 108 Å².